The van der Waals surface area contributed by atoms with E-state index in [4.69, 9.17) is 10.5 Å². The minimum absolute atomic E-state index is 0.174. The third-order valence-corrected chi connectivity index (χ3v) is 5.04. The Morgan fingerprint density at radius 1 is 1.33 bits per heavy atom. The molecule has 1 saturated carbocycles. The molecule has 2 N–H and O–H groups in total. The molecule has 1 heterocycles. The zero-order valence-corrected chi connectivity index (χ0v) is 12.5. The van der Waals surface area contributed by atoms with E-state index in [-0.39, 0.29) is 6.09 Å². The highest BCUT2D eigenvalue weighted by molar-refractivity contribution is 5.68. The van der Waals surface area contributed by atoms with E-state index in [1.165, 1.54) is 19.3 Å². The molecule has 1 amide bonds. The number of amides is 1. The Hall–Kier alpha value is -1.55. The van der Waals surface area contributed by atoms with E-state index in [1.807, 2.05) is 35.2 Å². The zero-order chi connectivity index (χ0) is 14.7. The molecule has 1 aromatic rings. The van der Waals surface area contributed by atoms with Crippen molar-refractivity contribution >= 4 is 6.09 Å². The number of carbonyl (C=O) groups excluding carboxylic acids is 1. The van der Waals surface area contributed by atoms with Crippen molar-refractivity contribution < 1.29 is 9.53 Å². The third-order valence-electron chi connectivity index (χ3n) is 5.04. The summed E-state index contributed by atoms with van der Waals surface area (Å²) in [6, 6.07) is 9.83. The fraction of sp³-hybridized carbons (Fsp3) is 0.588. The summed E-state index contributed by atoms with van der Waals surface area (Å²) in [4.78, 5) is 14.1. The van der Waals surface area contributed by atoms with Gasteiger partial charge in [0.2, 0.25) is 0 Å². The second-order valence-electron chi connectivity index (χ2n) is 6.56. The summed E-state index contributed by atoms with van der Waals surface area (Å²) < 4.78 is 5.43. The number of carbonyl (C=O) groups is 1. The van der Waals surface area contributed by atoms with Gasteiger partial charge in [0, 0.05) is 13.1 Å². The maximum absolute atomic E-state index is 12.2. The Kier molecular flexibility index (Phi) is 4.15. The molecule has 21 heavy (non-hydrogen) atoms. The average molecular weight is 288 g/mol. The standard InChI is InChI=1S/C17H24N2O2/c18-11-15-6-7-17(10-15)8-9-19(13-17)16(20)21-12-14-4-2-1-3-5-14/h1-5,15H,6-13,18H2/t15-,17-/m0/s1. The van der Waals surface area contributed by atoms with Crippen LogP contribution < -0.4 is 5.73 Å². The van der Waals surface area contributed by atoms with Crippen LogP contribution in [0.1, 0.15) is 31.2 Å². The van der Waals surface area contributed by atoms with Crippen LogP contribution in [-0.4, -0.2) is 30.6 Å². The summed E-state index contributed by atoms with van der Waals surface area (Å²) in [6.45, 7) is 2.80. The second kappa shape index (κ2) is 6.06. The zero-order valence-electron chi connectivity index (χ0n) is 12.5. The summed E-state index contributed by atoms with van der Waals surface area (Å²) in [6.07, 6.45) is 4.52. The molecule has 2 atom stereocenters. The van der Waals surface area contributed by atoms with E-state index < -0.39 is 0 Å². The molecule has 1 saturated heterocycles. The van der Waals surface area contributed by atoms with E-state index in [1.54, 1.807) is 0 Å². The van der Waals surface area contributed by atoms with Gasteiger partial charge in [0.1, 0.15) is 6.61 Å². The summed E-state index contributed by atoms with van der Waals surface area (Å²) >= 11 is 0. The molecule has 0 aromatic heterocycles. The highest BCUT2D eigenvalue weighted by Crippen LogP contribution is 2.47. The van der Waals surface area contributed by atoms with Crippen molar-refractivity contribution in [1.82, 2.24) is 4.90 Å². The van der Waals surface area contributed by atoms with Gasteiger partial charge in [-0.1, -0.05) is 30.3 Å². The summed E-state index contributed by atoms with van der Waals surface area (Å²) in [5, 5.41) is 0. The van der Waals surface area contributed by atoms with Crippen LogP contribution in [0.15, 0.2) is 30.3 Å². The van der Waals surface area contributed by atoms with Crippen LogP contribution in [0.5, 0.6) is 0 Å². The largest absolute Gasteiger partial charge is 0.445 e. The number of benzene rings is 1. The number of nitrogens with zero attached hydrogens (tertiary/aromatic N) is 1. The van der Waals surface area contributed by atoms with E-state index in [2.05, 4.69) is 0 Å². The first-order valence-corrected chi connectivity index (χ1v) is 7.86. The van der Waals surface area contributed by atoms with Gasteiger partial charge in [0.05, 0.1) is 0 Å². The average Bonchev–Trinajstić information content (AvgIpc) is 3.13. The van der Waals surface area contributed by atoms with Crippen LogP contribution in [0.25, 0.3) is 0 Å². The molecular weight excluding hydrogens is 264 g/mol. The topological polar surface area (TPSA) is 55.6 Å². The van der Waals surface area contributed by atoms with Gasteiger partial charge in [-0.2, -0.15) is 0 Å². The summed E-state index contributed by atoms with van der Waals surface area (Å²) in [7, 11) is 0. The normalized spacial score (nSPS) is 28.2. The highest BCUT2D eigenvalue weighted by atomic mass is 16.6. The predicted octanol–water partition coefficient (Wildman–Crippen LogP) is 2.77. The molecule has 4 nitrogen and oxygen atoms in total. The molecule has 114 valence electrons. The van der Waals surface area contributed by atoms with Crippen molar-refractivity contribution in [2.45, 2.75) is 32.3 Å². The van der Waals surface area contributed by atoms with Gasteiger partial charge in [-0.05, 0) is 49.1 Å². The third kappa shape index (κ3) is 3.21. The van der Waals surface area contributed by atoms with Crippen LogP contribution in [0.2, 0.25) is 0 Å². The van der Waals surface area contributed by atoms with Crippen LogP contribution in [-0.2, 0) is 11.3 Å². The fourth-order valence-corrected chi connectivity index (χ4v) is 3.80. The molecule has 3 rings (SSSR count). The Labute approximate surface area is 126 Å². The lowest BCUT2D eigenvalue weighted by Crippen LogP contribution is -2.32. The lowest BCUT2D eigenvalue weighted by atomic mass is 9.84. The first-order chi connectivity index (χ1) is 10.2. The van der Waals surface area contributed by atoms with Gasteiger partial charge in [0.15, 0.2) is 0 Å². The number of likely N-dealkylation sites (tertiary alicyclic amines) is 1. The quantitative estimate of drug-likeness (QED) is 0.930. The molecule has 1 aliphatic carbocycles. The van der Waals surface area contributed by atoms with E-state index in [0.29, 0.717) is 17.9 Å². The van der Waals surface area contributed by atoms with Crippen molar-refractivity contribution in [3.63, 3.8) is 0 Å². The van der Waals surface area contributed by atoms with E-state index in [0.717, 1.165) is 31.6 Å². The van der Waals surface area contributed by atoms with Crippen LogP contribution >= 0.6 is 0 Å². The second-order valence-corrected chi connectivity index (χ2v) is 6.56. The molecule has 1 aromatic carbocycles. The predicted molar refractivity (Wildman–Crippen MR) is 81.6 cm³/mol. The number of rotatable bonds is 3. The highest BCUT2D eigenvalue weighted by Gasteiger charge is 2.45. The minimum Gasteiger partial charge on any atom is -0.445 e. The first-order valence-electron chi connectivity index (χ1n) is 7.86. The molecule has 0 radical (unpaired) electrons. The Balaban J connectivity index is 1.51. The van der Waals surface area contributed by atoms with Gasteiger partial charge < -0.3 is 15.4 Å². The van der Waals surface area contributed by atoms with Gasteiger partial charge in [-0.25, -0.2) is 4.79 Å². The lowest BCUT2D eigenvalue weighted by Gasteiger charge is -2.24. The summed E-state index contributed by atoms with van der Waals surface area (Å²) in [5.74, 6) is 0.644. The van der Waals surface area contributed by atoms with Gasteiger partial charge in [-0.15, -0.1) is 0 Å². The lowest BCUT2D eigenvalue weighted by molar-refractivity contribution is 0.0995. The van der Waals surface area contributed by atoms with Crippen molar-refractivity contribution in [3.8, 4) is 0 Å². The smallest absolute Gasteiger partial charge is 0.410 e. The molecule has 4 heteroatoms. The van der Waals surface area contributed by atoms with Crippen LogP contribution in [0.4, 0.5) is 4.79 Å². The fourth-order valence-electron chi connectivity index (χ4n) is 3.80. The Morgan fingerprint density at radius 3 is 2.86 bits per heavy atom. The maximum Gasteiger partial charge on any atom is 0.410 e. The van der Waals surface area contributed by atoms with E-state index >= 15 is 0 Å². The Morgan fingerprint density at radius 2 is 2.14 bits per heavy atom. The van der Waals surface area contributed by atoms with Gasteiger partial charge in [0.25, 0.3) is 0 Å². The van der Waals surface area contributed by atoms with Crippen molar-refractivity contribution in [2.24, 2.45) is 17.1 Å². The number of nitrogens with two attached hydrogens (primary N) is 1. The molecule has 2 aliphatic rings. The number of hydrogen-bond acceptors (Lipinski definition) is 3. The Bertz CT molecular complexity index is 491. The molecule has 2 fully saturated rings. The maximum atomic E-state index is 12.2. The molecular formula is C17H24N2O2. The molecule has 0 unspecified atom stereocenters. The number of hydrogen-bond donors (Lipinski definition) is 1. The van der Waals surface area contributed by atoms with E-state index in [9.17, 15) is 4.79 Å². The van der Waals surface area contributed by atoms with Gasteiger partial charge >= 0.3 is 6.09 Å². The number of ether oxygens (including phenoxy) is 1. The summed E-state index contributed by atoms with van der Waals surface area (Å²) in [5.41, 5.74) is 7.13. The van der Waals surface area contributed by atoms with Crippen LogP contribution in [0, 0.1) is 11.3 Å². The van der Waals surface area contributed by atoms with Crippen molar-refractivity contribution in [2.75, 3.05) is 19.6 Å². The molecule has 1 aliphatic heterocycles. The SMILES string of the molecule is NC[C@H]1CC[C@]2(CCN(C(=O)OCc3ccccc3)C2)C1. The van der Waals surface area contributed by atoms with Crippen molar-refractivity contribution in [3.05, 3.63) is 35.9 Å². The monoisotopic (exact) mass is 288 g/mol. The molecule has 0 bridgehead atoms. The van der Waals surface area contributed by atoms with Crippen molar-refractivity contribution in [1.29, 1.82) is 0 Å². The van der Waals surface area contributed by atoms with Gasteiger partial charge in [-0.3, -0.25) is 0 Å². The van der Waals surface area contributed by atoms with Crippen LogP contribution in [0.3, 0.4) is 0 Å². The minimum atomic E-state index is -0.174. The molecule has 1 spiro atoms. The first kappa shape index (κ1) is 14.4.